The Kier molecular flexibility index (Phi) is 4.78. The van der Waals surface area contributed by atoms with Gasteiger partial charge in [0.15, 0.2) is 0 Å². The summed E-state index contributed by atoms with van der Waals surface area (Å²) in [7, 11) is 0. The van der Waals surface area contributed by atoms with Gasteiger partial charge in [0, 0.05) is 6.20 Å². The van der Waals surface area contributed by atoms with Gasteiger partial charge in [0.2, 0.25) is 0 Å². The molecule has 0 spiro atoms. The van der Waals surface area contributed by atoms with Crippen LogP contribution in [0.1, 0.15) is 10.4 Å². The fraction of sp³-hybridized carbons (Fsp3) is 0.0714. The first-order chi connectivity index (χ1) is 10.1. The number of rotatable bonds is 5. The maximum atomic E-state index is 13.1. The average Bonchev–Trinajstić information content (AvgIpc) is 2.46. The minimum absolute atomic E-state index is 0.0593. The molecule has 2 rings (SSSR count). The number of aromatic nitrogens is 1. The summed E-state index contributed by atoms with van der Waals surface area (Å²) < 4.78 is 18.4. The molecule has 21 heavy (non-hydrogen) atoms. The molecule has 0 atom stereocenters. The van der Waals surface area contributed by atoms with Crippen molar-refractivity contribution in [2.24, 2.45) is 5.73 Å². The molecule has 2 aromatic rings. The molecule has 0 saturated carbocycles. The molecule has 0 saturated heterocycles. The third-order valence-electron chi connectivity index (χ3n) is 2.47. The van der Waals surface area contributed by atoms with E-state index in [1.165, 1.54) is 6.20 Å². The summed E-state index contributed by atoms with van der Waals surface area (Å²) in [5, 5.41) is 2.62. The SMILES string of the molecule is NC(=S)COc1ccccc1NC(=O)c1cncc(F)c1. The van der Waals surface area contributed by atoms with Crippen molar-refractivity contribution in [1.29, 1.82) is 0 Å². The molecule has 5 nitrogen and oxygen atoms in total. The van der Waals surface area contributed by atoms with Crippen molar-refractivity contribution in [2.75, 3.05) is 11.9 Å². The number of pyridine rings is 1. The topological polar surface area (TPSA) is 77.2 Å². The molecule has 0 fully saturated rings. The molecular weight excluding hydrogens is 293 g/mol. The van der Waals surface area contributed by atoms with E-state index in [1.54, 1.807) is 24.3 Å². The Morgan fingerprint density at radius 3 is 2.86 bits per heavy atom. The van der Waals surface area contributed by atoms with Crippen LogP contribution in [0.4, 0.5) is 10.1 Å². The number of anilines is 1. The molecule has 1 amide bonds. The molecular formula is C14H12FN3O2S. The number of ether oxygens (including phenoxy) is 1. The quantitative estimate of drug-likeness (QED) is 0.828. The molecule has 1 heterocycles. The molecule has 0 unspecified atom stereocenters. The highest BCUT2D eigenvalue weighted by Crippen LogP contribution is 2.24. The summed E-state index contributed by atoms with van der Waals surface area (Å²) in [6, 6.07) is 7.89. The van der Waals surface area contributed by atoms with E-state index in [-0.39, 0.29) is 17.2 Å². The van der Waals surface area contributed by atoms with Crippen molar-refractivity contribution in [3.05, 3.63) is 54.1 Å². The first-order valence-corrected chi connectivity index (χ1v) is 6.39. The van der Waals surface area contributed by atoms with Gasteiger partial charge in [0.1, 0.15) is 23.2 Å². The Balaban J connectivity index is 2.15. The van der Waals surface area contributed by atoms with Crippen molar-refractivity contribution in [3.8, 4) is 5.75 Å². The highest BCUT2D eigenvalue weighted by molar-refractivity contribution is 7.80. The number of nitrogens with two attached hydrogens (primary N) is 1. The van der Waals surface area contributed by atoms with Crippen LogP contribution in [0.3, 0.4) is 0 Å². The molecule has 1 aromatic heterocycles. The standard InChI is InChI=1S/C14H12FN3O2S/c15-10-5-9(6-17-7-10)14(19)18-11-3-1-2-4-12(11)20-8-13(16)21/h1-7H,8H2,(H2,16,21)(H,18,19). The molecule has 1 aromatic carbocycles. The number of halogens is 1. The highest BCUT2D eigenvalue weighted by atomic mass is 32.1. The molecule has 7 heteroatoms. The van der Waals surface area contributed by atoms with Crippen molar-refractivity contribution < 1.29 is 13.9 Å². The van der Waals surface area contributed by atoms with E-state index in [4.69, 9.17) is 22.7 Å². The van der Waals surface area contributed by atoms with Gasteiger partial charge in [-0.2, -0.15) is 0 Å². The number of nitrogens with one attached hydrogen (secondary N) is 1. The monoisotopic (exact) mass is 305 g/mol. The van der Waals surface area contributed by atoms with Crippen LogP contribution in [-0.2, 0) is 0 Å². The van der Waals surface area contributed by atoms with Gasteiger partial charge in [-0.15, -0.1) is 0 Å². The van der Waals surface area contributed by atoms with Gasteiger partial charge >= 0.3 is 0 Å². The summed E-state index contributed by atoms with van der Waals surface area (Å²) >= 11 is 4.73. The van der Waals surface area contributed by atoms with Crippen molar-refractivity contribution in [2.45, 2.75) is 0 Å². The van der Waals surface area contributed by atoms with Crippen LogP contribution in [-0.4, -0.2) is 22.5 Å². The number of carbonyl (C=O) groups excluding carboxylic acids is 1. The van der Waals surface area contributed by atoms with Crippen molar-refractivity contribution >= 4 is 28.8 Å². The second-order valence-electron chi connectivity index (χ2n) is 4.10. The van der Waals surface area contributed by atoms with E-state index in [0.29, 0.717) is 11.4 Å². The zero-order valence-corrected chi connectivity index (χ0v) is 11.7. The van der Waals surface area contributed by atoms with Crippen LogP contribution in [0.25, 0.3) is 0 Å². The van der Waals surface area contributed by atoms with Gasteiger partial charge in [-0.25, -0.2) is 4.39 Å². The summed E-state index contributed by atoms with van der Waals surface area (Å²) in [6.07, 6.45) is 2.30. The number of nitrogens with zero attached hydrogens (tertiary/aromatic N) is 1. The number of hydrogen-bond donors (Lipinski definition) is 2. The Hall–Kier alpha value is -2.54. The van der Waals surface area contributed by atoms with Crippen LogP contribution in [0.15, 0.2) is 42.7 Å². The number of carbonyl (C=O) groups is 1. The number of amides is 1. The smallest absolute Gasteiger partial charge is 0.257 e. The predicted molar refractivity (Wildman–Crippen MR) is 80.9 cm³/mol. The Labute approximate surface area is 125 Å². The minimum atomic E-state index is -0.583. The van der Waals surface area contributed by atoms with Gasteiger partial charge < -0.3 is 15.8 Å². The van der Waals surface area contributed by atoms with Crippen LogP contribution in [0.5, 0.6) is 5.75 Å². The molecule has 3 N–H and O–H groups in total. The van der Waals surface area contributed by atoms with Crippen LogP contribution in [0, 0.1) is 5.82 Å². The van der Waals surface area contributed by atoms with E-state index in [1.807, 2.05) is 0 Å². The Bertz CT molecular complexity index is 679. The molecule has 108 valence electrons. The number of benzene rings is 1. The van der Waals surface area contributed by atoms with E-state index in [0.717, 1.165) is 12.3 Å². The fourth-order valence-corrected chi connectivity index (χ4v) is 1.63. The van der Waals surface area contributed by atoms with Crippen molar-refractivity contribution in [3.63, 3.8) is 0 Å². The highest BCUT2D eigenvalue weighted by Gasteiger charge is 2.11. The van der Waals surface area contributed by atoms with Crippen LogP contribution < -0.4 is 15.8 Å². The second-order valence-corrected chi connectivity index (χ2v) is 4.62. The van der Waals surface area contributed by atoms with E-state index < -0.39 is 11.7 Å². The molecule has 0 aliphatic carbocycles. The second kappa shape index (κ2) is 6.76. The van der Waals surface area contributed by atoms with Gasteiger partial charge in [-0.05, 0) is 18.2 Å². The zero-order chi connectivity index (χ0) is 15.2. The fourth-order valence-electron chi connectivity index (χ4n) is 1.58. The summed E-state index contributed by atoms with van der Waals surface area (Å²) in [6.45, 7) is 0.0593. The van der Waals surface area contributed by atoms with E-state index in [2.05, 4.69) is 10.3 Å². The predicted octanol–water partition coefficient (Wildman–Crippen LogP) is 2.14. The third-order valence-corrected chi connectivity index (χ3v) is 2.59. The average molecular weight is 305 g/mol. The lowest BCUT2D eigenvalue weighted by Crippen LogP contribution is -2.19. The minimum Gasteiger partial charge on any atom is -0.484 e. The van der Waals surface area contributed by atoms with Gasteiger partial charge in [-0.3, -0.25) is 9.78 Å². The number of hydrogen-bond acceptors (Lipinski definition) is 4. The largest absolute Gasteiger partial charge is 0.484 e. The maximum absolute atomic E-state index is 13.1. The van der Waals surface area contributed by atoms with E-state index >= 15 is 0 Å². The first kappa shape index (κ1) is 14.9. The van der Waals surface area contributed by atoms with Crippen LogP contribution >= 0.6 is 12.2 Å². The first-order valence-electron chi connectivity index (χ1n) is 5.98. The molecule has 0 bridgehead atoms. The Morgan fingerprint density at radius 2 is 2.14 bits per heavy atom. The normalized spacial score (nSPS) is 9.95. The Morgan fingerprint density at radius 1 is 1.38 bits per heavy atom. The molecule has 0 aliphatic heterocycles. The van der Waals surface area contributed by atoms with Gasteiger partial charge in [0.05, 0.1) is 17.4 Å². The lowest BCUT2D eigenvalue weighted by molar-refractivity contribution is 0.102. The van der Waals surface area contributed by atoms with Crippen LogP contribution in [0.2, 0.25) is 0 Å². The number of para-hydroxylation sites is 2. The lowest BCUT2D eigenvalue weighted by Gasteiger charge is -2.11. The van der Waals surface area contributed by atoms with Gasteiger partial charge in [-0.1, -0.05) is 24.4 Å². The zero-order valence-electron chi connectivity index (χ0n) is 10.9. The summed E-state index contributed by atoms with van der Waals surface area (Å²) in [5.74, 6) is -0.656. The molecule has 0 radical (unpaired) electrons. The van der Waals surface area contributed by atoms with E-state index in [9.17, 15) is 9.18 Å². The van der Waals surface area contributed by atoms with Gasteiger partial charge in [0.25, 0.3) is 5.91 Å². The third kappa shape index (κ3) is 4.22. The summed E-state index contributed by atoms with van der Waals surface area (Å²) in [5.41, 5.74) is 5.91. The van der Waals surface area contributed by atoms with Crippen molar-refractivity contribution in [1.82, 2.24) is 4.98 Å². The molecule has 0 aliphatic rings. The summed E-state index contributed by atoms with van der Waals surface area (Å²) in [4.78, 5) is 15.9. The lowest BCUT2D eigenvalue weighted by atomic mass is 10.2. The maximum Gasteiger partial charge on any atom is 0.257 e. The number of thiocarbonyl (C=S) groups is 1.